The number of carbonyl (C=O) groups is 1. The maximum absolute atomic E-state index is 13.9. The van der Waals surface area contributed by atoms with Gasteiger partial charge in [0.2, 0.25) is 5.76 Å². The molecule has 36 heavy (non-hydrogen) atoms. The van der Waals surface area contributed by atoms with Gasteiger partial charge in [0.05, 0.1) is 36.8 Å². The first-order valence-electron chi connectivity index (χ1n) is 12.5. The maximum Gasteiger partial charge on any atom is 0.290 e. The molecule has 7 nitrogen and oxygen atoms in total. The summed E-state index contributed by atoms with van der Waals surface area (Å²) in [6.07, 6.45) is 0. The minimum atomic E-state index is -0.517. The van der Waals surface area contributed by atoms with Gasteiger partial charge in [-0.2, -0.15) is 0 Å². The zero-order chi connectivity index (χ0) is 24.6. The minimum Gasteiger partial charge on any atom is -0.494 e. The highest BCUT2D eigenvalue weighted by atomic mass is 16.5. The van der Waals surface area contributed by atoms with Crippen LogP contribution in [0.2, 0.25) is 0 Å². The van der Waals surface area contributed by atoms with Crippen molar-refractivity contribution in [3.8, 4) is 5.75 Å². The Morgan fingerprint density at radius 1 is 0.917 bits per heavy atom. The zero-order valence-electron chi connectivity index (χ0n) is 20.2. The summed E-state index contributed by atoms with van der Waals surface area (Å²) >= 11 is 0. The number of nitrogens with zero attached hydrogens (tertiary/aromatic N) is 2. The van der Waals surface area contributed by atoms with Gasteiger partial charge < -0.3 is 18.8 Å². The van der Waals surface area contributed by atoms with Gasteiger partial charge in [0.1, 0.15) is 11.3 Å². The lowest BCUT2D eigenvalue weighted by Crippen LogP contribution is -2.42. The summed E-state index contributed by atoms with van der Waals surface area (Å²) in [5, 5.41) is 2.28. The highest BCUT2D eigenvalue weighted by Crippen LogP contribution is 2.39. The molecule has 1 amide bonds. The Labute approximate surface area is 208 Å². The van der Waals surface area contributed by atoms with Gasteiger partial charge in [-0.25, -0.2) is 0 Å². The zero-order valence-corrected chi connectivity index (χ0v) is 20.2. The first kappa shape index (κ1) is 22.8. The summed E-state index contributed by atoms with van der Waals surface area (Å²) in [6.45, 7) is 6.73. The van der Waals surface area contributed by atoms with Crippen molar-refractivity contribution in [1.29, 1.82) is 0 Å². The van der Waals surface area contributed by atoms with Crippen molar-refractivity contribution in [2.45, 2.75) is 13.0 Å². The molecule has 184 valence electrons. The van der Waals surface area contributed by atoms with Gasteiger partial charge in [-0.15, -0.1) is 0 Å². The van der Waals surface area contributed by atoms with E-state index < -0.39 is 6.04 Å². The largest absolute Gasteiger partial charge is 0.494 e. The predicted molar refractivity (Wildman–Crippen MR) is 138 cm³/mol. The number of amides is 1. The quantitative estimate of drug-likeness (QED) is 0.382. The molecule has 3 heterocycles. The number of benzene rings is 3. The van der Waals surface area contributed by atoms with Gasteiger partial charge in [0.25, 0.3) is 5.91 Å². The molecule has 1 saturated heterocycles. The Morgan fingerprint density at radius 3 is 2.47 bits per heavy atom. The van der Waals surface area contributed by atoms with Crippen molar-refractivity contribution in [1.82, 2.24) is 9.80 Å². The molecule has 2 aliphatic heterocycles. The van der Waals surface area contributed by atoms with Crippen molar-refractivity contribution < 1.29 is 18.7 Å². The lowest BCUT2D eigenvalue weighted by atomic mass is 9.97. The number of ether oxygens (including phenoxy) is 2. The molecule has 7 heteroatoms. The Hall–Kier alpha value is -3.68. The van der Waals surface area contributed by atoms with Gasteiger partial charge in [-0.05, 0) is 36.1 Å². The normalized spacial score (nSPS) is 18.2. The lowest BCUT2D eigenvalue weighted by molar-refractivity contribution is 0.0314. The van der Waals surface area contributed by atoms with Crippen LogP contribution in [0.25, 0.3) is 21.7 Å². The number of rotatable bonds is 6. The molecule has 4 aromatic rings. The molecular formula is C29H28N2O5. The van der Waals surface area contributed by atoms with E-state index in [1.54, 1.807) is 11.0 Å². The number of carbonyl (C=O) groups excluding carboxylic acids is 1. The highest BCUT2D eigenvalue weighted by molar-refractivity contribution is 6.06. The molecule has 0 saturated carbocycles. The third-order valence-electron chi connectivity index (χ3n) is 7.13. The lowest BCUT2D eigenvalue weighted by Gasteiger charge is -2.31. The van der Waals surface area contributed by atoms with Gasteiger partial charge in [0, 0.05) is 31.6 Å². The van der Waals surface area contributed by atoms with Crippen molar-refractivity contribution >= 4 is 27.6 Å². The summed E-state index contributed by atoms with van der Waals surface area (Å²) < 4.78 is 17.4. The van der Waals surface area contributed by atoms with Crippen LogP contribution in [-0.2, 0) is 4.74 Å². The molecule has 0 aliphatic carbocycles. The van der Waals surface area contributed by atoms with E-state index in [0.29, 0.717) is 49.4 Å². The summed E-state index contributed by atoms with van der Waals surface area (Å²) in [5.74, 6) is 0.650. The number of hydrogen-bond donors (Lipinski definition) is 0. The van der Waals surface area contributed by atoms with E-state index >= 15 is 0 Å². The fraction of sp³-hybridized carbons (Fsp3) is 0.310. The first-order chi connectivity index (χ1) is 17.7. The second kappa shape index (κ2) is 9.41. The number of hydrogen-bond acceptors (Lipinski definition) is 6. The summed E-state index contributed by atoms with van der Waals surface area (Å²) in [7, 11) is 0. The molecule has 0 spiro atoms. The molecular weight excluding hydrogens is 456 g/mol. The van der Waals surface area contributed by atoms with Crippen LogP contribution < -0.4 is 10.2 Å². The Kier molecular flexibility index (Phi) is 5.95. The fourth-order valence-electron chi connectivity index (χ4n) is 5.31. The molecule has 1 atom stereocenters. The van der Waals surface area contributed by atoms with Crippen LogP contribution in [0.1, 0.15) is 34.6 Å². The van der Waals surface area contributed by atoms with Crippen LogP contribution >= 0.6 is 0 Å². The van der Waals surface area contributed by atoms with Gasteiger partial charge >= 0.3 is 0 Å². The highest BCUT2D eigenvalue weighted by Gasteiger charge is 2.42. The third kappa shape index (κ3) is 3.85. The topological polar surface area (TPSA) is 72.2 Å². The summed E-state index contributed by atoms with van der Waals surface area (Å²) in [4.78, 5) is 31.8. The van der Waals surface area contributed by atoms with Crippen LogP contribution in [0.4, 0.5) is 0 Å². The smallest absolute Gasteiger partial charge is 0.290 e. The Morgan fingerprint density at radius 2 is 1.69 bits per heavy atom. The molecule has 1 aromatic heterocycles. The van der Waals surface area contributed by atoms with Gasteiger partial charge in [-0.1, -0.05) is 42.5 Å². The third-order valence-corrected chi connectivity index (χ3v) is 7.13. The molecule has 0 N–H and O–H groups in total. The maximum atomic E-state index is 13.9. The van der Waals surface area contributed by atoms with Crippen molar-refractivity contribution in [3.05, 3.63) is 87.8 Å². The SMILES string of the molecule is CCOc1ccc(C2c3c(oc4c(ccc5ccccc54)c3=O)C(=O)N2CCN2CCOCC2)cc1. The minimum absolute atomic E-state index is 0.143. The molecule has 1 fully saturated rings. The van der Waals surface area contributed by atoms with E-state index in [1.165, 1.54) is 0 Å². The Balaban J connectivity index is 1.48. The van der Waals surface area contributed by atoms with Crippen molar-refractivity contribution in [3.63, 3.8) is 0 Å². The first-order valence-corrected chi connectivity index (χ1v) is 12.5. The Bertz CT molecular complexity index is 1490. The van der Waals surface area contributed by atoms with Gasteiger partial charge in [0.15, 0.2) is 5.43 Å². The van der Waals surface area contributed by atoms with Crippen molar-refractivity contribution in [2.24, 2.45) is 0 Å². The van der Waals surface area contributed by atoms with Crippen LogP contribution in [0.3, 0.4) is 0 Å². The van der Waals surface area contributed by atoms with E-state index in [0.717, 1.165) is 35.2 Å². The average molecular weight is 485 g/mol. The standard InChI is InChI=1S/C29H28N2O5/c1-2-35-21-10-7-20(8-11-21)25-24-26(32)23-12-9-19-5-3-4-6-22(19)27(23)36-28(24)29(33)31(25)14-13-30-15-17-34-18-16-30/h3-12,25H,2,13-18H2,1H3. The molecule has 0 bridgehead atoms. The fourth-order valence-corrected chi connectivity index (χ4v) is 5.31. The van der Waals surface area contributed by atoms with E-state index in [4.69, 9.17) is 13.9 Å². The molecule has 2 aliphatic rings. The van der Waals surface area contributed by atoms with E-state index in [2.05, 4.69) is 4.90 Å². The number of morpholine rings is 1. The van der Waals surface area contributed by atoms with Crippen molar-refractivity contribution in [2.75, 3.05) is 46.0 Å². The second-order valence-electron chi connectivity index (χ2n) is 9.19. The van der Waals surface area contributed by atoms with Gasteiger partial charge in [-0.3, -0.25) is 14.5 Å². The molecule has 6 rings (SSSR count). The van der Waals surface area contributed by atoms with E-state index in [9.17, 15) is 9.59 Å². The monoisotopic (exact) mass is 484 g/mol. The van der Waals surface area contributed by atoms with Crippen LogP contribution in [0.15, 0.2) is 69.9 Å². The van der Waals surface area contributed by atoms with Crippen LogP contribution in [-0.4, -0.2) is 61.7 Å². The summed E-state index contributed by atoms with van der Waals surface area (Å²) in [5.41, 5.74) is 1.58. The molecule has 0 radical (unpaired) electrons. The van der Waals surface area contributed by atoms with Crippen LogP contribution in [0.5, 0.6) is 5.75 Å². The summed E-state index contributed by atoms with van der Waals surface area (Å²) in [6, 6.07) is 18.6. The average Bonchev–Trinajstić information content (AvgIpc) is 3.20. The molecule has 3 aromatic carbocycles. The number of fused-ring (bicyclic) bond motifs is 4. The predicted octanol–water partition coefficient (Wildman–Crippen LogP) is 4.22. The van der Waals surface area contributed by atoms with E-state index in [1.807, 2.05) is 61.5 Å². The van der Waals surface area contributed by atoms with E-state index in [-0.39, 0.29) is 17.1 Å². The molecule has 1 unspecified atom stereocenters. The van der Waals surface area contributed by atoms with Crippen LogP contribution in [0, 0.1) is 0 Å². The second-order valence-corrected chi connectivity index (χ2v) is 9.19.